The number of amides is 1. The number of nitrogens with one attached hydrogen (secondary N) is 1. The number of carbonyl (C=O) groups excluding carboxylic acids is 1. The highest BCUT2D eigenvalue weighted by Gasteiger charge is 2.23. The van der Waals surface area contributed by atoms with Crippen LogP contribution >= 0.6 is 7.82 Å². The van der Waals surface area contributed by atoms with E-state index < -0.39 is 20.0 Å². The Balaban J connectivity index is 4.25. The topological polar surface area (TPSA) is 108 Å². The van der Waals surface area contributed by atoms with Crippen LogP contribution in [0.3, 0.4) is 0 Å². The Hall–Kier alpha value is -1.54. The van der Waals surface area contributed by atoms with Crippen LogP contribution < -0.4 is 10.2 Å². The maximum absolute atomic E-state index is 13.0. The summed E-state index contributed by atoms with van der Waals surface area (Å²) in [6.07, 6.45) is 66.1. The highest BCUT2D eigenvalue weighted by Crippen LogP contribution is 2.38. The first-order valence-electron chi connectivity index (χ1n) is 29.0. The number of likely N-dealkylation sites (N-methyl/N-ethyl adjacent to an activating group) is 1. The molecule has 0 bridgehead atoms. The van der Waals surface area contributed by atoms with E-state index in [1.807, 2.05) is 27.2 Å². The van der Waals surface area contributed by atoms with Gasteiger partial charge in [0.1, 0.15) is 13.2 Å². The van der Waals surface area contributed by atoms with E-state index in [1.54, 1.807) is 6.08 Å². The molecular weight excluding hydrogens is 864 g/mol. The molecule has 0 aromatic heterocycles. The fourth-order valence-corrected chi connectivity index (χ4v) is 9.18. The number of aliphatic hydroxyl groups excluding tert-OH is 1. The van der Waals surface area contributed by atoms with E-state index >= 15 is 0 Å². The van der Waals surface area contributed by atoms with Crippen molar-refractivity contribution in [2.75, 3.05) is 40.9 Å². The number of nitrogens with zero attached hydrogens (tertiary/aromatic N) is 1. The number of unbranched alkanes of at least 4 members (excludes halogenated alkanes) is 34. The summed E-state index contributed by atoms with van der Waals surface area (Å²) in [4.78, 5) is 25.5. The van der Waals surface area contributed by atoms with Crippen molar-refractivity contribution in [3.8, 4) is 0 Å². The van der Waals surface area contributed by atoms with Gasteiger partial charge < -0.3 is 28.8 Å². The Morgan fingerprint density at radius 2 is 0.853 bits per heavy atom. The van der Waals surface area contributed by atoms with Gasteiger partial charge in [-0.05, 0) is 57.8 Å². The van der Waals surface area contributed by atoms with Crippen molar-refractivity contribution in [3.05, 3.63) is 48.6 Å². The molecule has 0 spiro atoms. The summed E-state index contributed by atoms with van der Waals surface area (Å²) in [5.41, 5.74) is 0. The molecule has 0 aliphatic heterocycles. The van der Waals surface area contributed by atoms with Crippen LogP contribution in [0.15, 0.2) is 48.6 Å². The monoisotopic (exact) mass is 977 g/mol. The summed E-state index contributed by atoms with van der Waals surface area (Å²) in [6, 6.07) is -0.893. The molecule has 0 saturated heterocycles. The van der Waals surface area contributed by atoms with Crippen LogP contribution in [-0.2, 0) is 18.4 Å². The van der Waals surface area contributed by atoms with E-state index in [0.717, 1.165) is 57.8 Å². The Labute approximate surface area is 422 Å². The van der Waals surface area contributed by atoms with Gasteiger partial charge in [-0.3, -0.25) is 9.36 Å². The summed E-state index contributed by atoms with van der Waals surface area (Å²) in [6.45, 7) is 4.66. The molecule has 0 aromatic rings. The molecule has 0 aliphatic carbocycles. The number of hydrogen-bond acceptors (Lipinski definition) is 6. The summed E-state index contributed by atoms with van der Waals surface area (Å²) >= 11 is 0. The summed E-state index contributed by atoms with van der Waals surface area (Å²) in [5, 5.41) is 13.9. The number of allylic oxidation sites excluding steroid dienone is 7. The number of quaternary nitrogens is 1. The van der Waals surface area contributed by atoms with E-state index in [-0.39, 0.29) is 19.1 Å². The predicted octanol–water partition coefficient (Wildman–Crippen LogP) is 16.9. The van der Waals surface area contributed by atoms with Crippen LogP contribution in [0.4, 0.5) is 0 Å². The van der Waals surface area contributed by atoms with Crippen molar-refractivity contribution < 1.29 is 32.9 Å². The minimum atomic E-state index is -4.60. The van der Waals surface area contributed by atoms with E-state index in [2.05, 4.69) is 55.6 Å². The fourth-order valence-electron chi connectivity index (χ4n) is 8.46. The molecular formula is C59H113N2O6P. The maximum Gasteiger partial charge on any atom is 0.268 e. The molecule has 0 aromatic carbocycles. The van der Waals surface area contributed by atoms with Gasteiger partial charge in [0.05, 0.1) is 39.9 Å². The first-order valence-corrected chi connectivity index (χ1v) is 30.5. The molecule has 400 valence electrons. The van der Waals surface area contributed by atoms with E-state index in [1.165, 1.54) is 193 Å². The van der Waals surface area contributed by atoms with Crippen LogP contribution in [0.1, 0.15) is 271 Å². The van der Waals surface area contributed by atoms with Gasteiger partial charge in [0, 0.05) is 6.42 Å². The largest absolute Gasteiger partial charge is 0.756 e. The fraction of sp³-hybridized carbons (Fsp3) is 0.847. The molecule has 0 aliphatic rings. The van der Waals surface area contributed by atoms with Crippen molar-refractivity contribution in [1.82, 2.24) is 5.32 Å². The van der Waals surface area contributed by atoms with Gasteiger partial charge in [-0.1, -0.05) is 255 Å². The van der Waals surface area contributed by atoms with E-state index in [0.29, 0.717) is 17.4 Å². The first kappa shape index (κ1) is 66.5. The van der Waals surface area contributed by atoms with E-state index in [9.17, 15) is 19.4 Å². The zero-order valence-electron chi connectivity index (χ0n) is 45.6. The average Bonchev–Trinajstić information content (AvgIpc) is 3.30. The number of aliphatic hydroxyl groups is 1. The van der Waals surface area contributed by atoms with Crippen molar-refractivity contribution in [2.24, 2.45) is 0 Å². The minimum absolute atomic E-state index is 0.00337. The standard InChI is InChI=1S/C59H113N2O6P/c1-6-8-10-12-14-16-18-20-22-24-26-28-30-32-34-36-38-40-42-44-46-48-50-52-58(62)57(56-67-68(64,65)66-55-54-61(3,4)5)60-59(63)53-51-49-47-45-43-41-39-37-35-33-31-29-27-25-23-21-19-17-15-13-11-9-7-2/h19,21,25,27,31,33,50,52,57-58,62H,6-18,20,22-24,26,28-30,32,34-49,51,53-56H2,1-5H3,(H-,60,63,64,65)/b21-19-,27-25-,33-31-,52-50+. The lowest BCUT2D eigenvalue weighted by Crippen LogP contribution is -2.45. The number of phosphoric ester groups is 1. The second kappa shape index (κ2) is 50.4. The normalized spacial score (nSPS) is 14.3. The molecule has 3 atom stereocenters. The number of phosphoric acid groups is 1. The molecule has 0 radical (unpaired) electrons. The molecule has 0 fully saturated rings. The van der Waals surface area contributed by atoms with Gasteiger partial charge in [0.25, 0.3) is 7.82 Å². The third-order valence-corrected chi connectivity index (χ3v) is 14.0. The SMILES string of the molecule is CCCCCCC/C=C\C/C=C\C/C=C\CCCCCCCCCCC(=O)NC(COP(=O)([O-])OCC[N+](C)(C)C)C(O)/C=C/CCCCCCCCCCCCCCCCCCCCCCC. The second-order valence-electron chi connectivity index (χ2n) is 21.0. The van der Waals surface area contributed by atoms with Crippen molar-refractivity contribution in [2.45, 2.75) is 283 Å². The quantitative estimate of drug-likeness (QED) is 0.0272. The van der Waals surface area contributed by atoms with Crippen molar-refractivity contribution in [3.63, 3.8) is 0 Å². The van der Waals surface area contributed by atoms with Crippen LogP contribution in [0.25, 0.3) is 0 Å². The molecule has 0 saturated carbocycles. The lowest BCUT2D eigenvalue weighted by molar-refractivity contribution is -0.870. The predicted molar refractivity (Wildman–Crippen MR) is 293 cm³/mol. The van der Waals surface area contributed by atoms with Gasteiger partial charge in [0.15, 0.2) is 0 Å². The first-order chi connectivity index (χ1) is 33.0. The van der Waals surface area contributed by atoms with Gasteiger partial charge in [0.2, 0.25) is 5.91 Å². The van der Waals surface area contributed by atoms with Crippen molar-refractivity contribution >= 4 is 13.7 Å². The smallest absolute Gasteiger partial charge is 0.268 e. The van der Waals surface area contributed by atoms with Gasteiger partial charge in [-0.25, -0.2) is 0 Å². The third kappa shape index (κ3) is 52.3. The molecule has 68 heavy (non-hydrogen) atoms. The van der Waals surface area contributed by atoms with Gasteiger partial charge in [-0.15, -0.1) is 0 Å². The van der Waals surface area contributed by atoms with Crippen molar-refractivity contribution in [1.29, 1.82) is 0 Å². The zero-order chi connectivity index (χ0) is 49.9. The van der Waals surface area contributed by atoms with Gasteiger partial charge >= 0.3 is 0 Å². The molecule has 1 amide bonds. The highest BCUT2D eigenvalue weighted by atomic mass is 31.2. The molecule has 0 rings (SSSR count). The number of hydrogen-bond donors (Lipinski definition) is 2. The molecule has 8 nitrogen and oxygen atoms in total. The molecule has 0 heterocycles. The Kier molecular flexibility index (Phi) is 49.3. The van der Waals surface area contributed by atoms with Crippen LogP contribution in [0.2, 0.25) is 0 Å². The van der Waals surface area contributed by atoms with Crippen LogP contribution in [0, 0.1) is 0 Å². The number of carbonyl (C=O) groups is 1. The van der Waals surface area contributed by atoms with Crippen LogP contribution in [0.5, 0.6) is 0 Å². The molecule has 9 heteroatoms. The number of rotatable bonds is 53. The third-order valence-electron chi connectivity index (χ3n) is 13.0. The summed E-state index contributed by atoms with van der Waals surface area (Å²) in [5.74, 6) is -0.203. The lowest BCUT2D eigenvalue weighted by atomic mass is 10.0. The minimum Gasteiger partial charge on any atom is -0.756 e. The summed E-state index contributed by atoms with van der Waals surface area (Å²) in [7, 11) is 1.26. The zero-order valence-corrected chi connectivity index (χ0v) is 46.5. The Morgan fingerprint density at radius 1 is 0.515 bits per heavy atom. The summed E-state index contributed by atoms with van der Waals surface area (Å²) < 4.78 is 23.4. The lowest BCUT2D eigenvalue weighted by Gasteiger charge is -2.29. The molecule has 2 N–H and O–H groups in total. The Morgan fingerprint density at radius 3 is 1.24 bits per heavy atom. The second-order valence-corrected chi connectivity index (χ2v) is 22.4. The van der Waals surface area contributed by atoms with E-state index in [4.69, 9.17) is 9.05 Å². The van der Waals surface area contributed by atoms with Crippen LogP contribution in [-0.4, -0.2) is 68.5 Å². The van der Waals surface area contributed by atoms with Gasteiger partial charge in [-0.2, -0.15) is 0 Å². The average molecular weight is 978 g/mol. The highest BCUT2D eigenvalue weighted by molar-refractivity contribution is 7.45. The Bertz CT molecular complexity index is 1250. The molecule has 3 unspecified atom stereocenters. The maximum atomic E-state index is 13.0.